The highest BCUT2D eigenvalue weighted by atomic mass is 35.5. The van der Waals surface area contributed by atoms with Crippen molar-refractivity contribution in [2.24, 2.45) is 7.05 Å². The van der Waals surface area contributed by atoms with Gasteiger partial charge >= 0.3 is 4.87 Å². The maximum absolute atomic E-state index is 12.5. The van der Waals surface area contributed by atoms with Crippen molar-refractivity contribution in [2.45, 2.75) is 4.90 Å². The average Bonchev–Trinajstić information content (AvgIpc) is 2.75. The number of sulfonamides is 1. The molecule has 3 aromatic rings. The average molecular weight is 389 g/mol. The van der Waals surface area contributed by atoms with Gasteiger partial charge in [0.2, 0.25) is 0 Å². The fourth-order valence-electron chi connectivity index (χ4n) is 2.09. The second kappa shape index (κ2) is 5.83. The third kappa shape index (κ3) is 3.10. The highest BCUT2D eigenvalue weighted by Crippen LogP contribution is 2.28. The number of nitrogens with zero attached hydrogens (tertiary/aromatic N) is 1. The van der Waals surface area contributed by atoms with Crippen LogP contribution in [0.15, 0.2) is 46.1 Å². The van der Waals surface area contributed by atoms with Crippen LogP contribution in [0.2, 0.25) is 10.0 Å². The van der Waals surface area contributed by atoms with Crippen LogP contribution in [0.5, 0.6) is 0 Å². The number of hydrogen-bond donors (Lipinski definition) is 1. The van der Waals surface area contributed by atoms with Gasteiger partial charge in [0.25, 0.3) is 10.0 Å². The first-order chi connectivity index (χ1) is 10.8. The minimum Gasteiger partial charge on any atom is -0.302 e. The second-order valence-electron chi connectivity index (χ2n) is 4.79. The van der Waals surface area contributed by atoms with E-state index < -0.39 is 10.0 Å². The molecule has 0 aliphatic heterocycles. The molecule has 0 unspecified atom stereocenters. The number of aryl methyl sites for hydroxylation is 1. The monoisotopic (exact) mass is 388 g/mol. The van der Waals surface area contributed by atoms with Gasteiger partial charge in [0.1, 0.15) is 4.90 Å². The molecule has 0 saturated carbocycles. The number of nitrogens with one attached hydrogen (secondary N) is 1. The van der Waals surface area contributed by atoms with E-state index in [9.17, 15) is 13.2 Å². The standard InChI is InChI=1S/C14H10Cl2N2O3S2/c1-18-11-5-3-9(7-12(11)22-14(18)19)17-23(20,21)13-6-8(15)2-4-10(13)16/h2-7,17H,1H3. The first kappa shape index (κ1) is 16.3. The lowest BCUT2D eigenvalue weighted by Crippen LogP contribution is -2.13. The quantitative estimate of drug-likeness (QED) is 0.743. The summed E-state index contributed by atoms with van der Waals surface area (Å²) in [6.07, 6.45) is 0. The summed E-state index contributed by atoms with van der Waals surface area (Å²) in [6, 6.07) is 9.10. The number of rotatable bonds is 3. The van der Waals surface area contributed by atoms with E-state index in [1.165, 1.54) is 22.8 Å². The fourth-order valence-corrected chi connectivity index (χ4v) is 4.82. The van der Waals surface area contributed by atoms with Gasteiger partial charge in [-0.15, -0.1) is 0 Å². The molecule has 0 radical (unpaired) electrons. The molecule has 0 aliphatic carbocycles. The molecule has 0 aliphatic rings. The molecule has 120 valence electrons. The summed E-state index contributed by atoms with van der Waals surface area (Å²) in [5.41, 5.74) is 1.08. The Balaban J connectivity index is 2.03. The first-order valence-corrected chi connectivity index (χ1v) is 9.41. The van der Waals surface area contributed by atoms with Crippen LogP contribution in [-0.4, -0.2) is 13.0 Å². The molecule has 0 spiro atoms. The Hall–Kier alpha value is -1.54. The topological polar surface area (TPSA) is 68.2 Å². The summed E-state index contributed by atoms with van der Waals surface area (Å²) in [4.78, 5) is 11.4. The van der Waals surface area contributed by atoms with Crippen LogP contribution in [0.4, 0.5) is 5.69 Å². The number of thiazole rings is 1. The minimum absolute atomic E-state index is 0.0762. The van der Waals surface area contributed by atoms with Gasteiger partial charge < -0.3 is 4.57 Å². The number of halogens is 2. The van der Waals surface area contributed by atoms with E-state index in [1.807, 2.05) is 0 Å². The maximum atomic E-state index is 12.5. The van der Waals surface area contributed by atoms with Crippen LogP contribution in [0.25, 0.3) is 10.2 Å². The van der Waals surface area contributed by atoms with E-state index in [-0.39, 0.29) is 19.8 Å². The van der Waals surface area contributed by atoms with E-state index in [1.54, 1.807) is 25.2 Å². The van der Waals surface area contributed by atoms with E-state index in [4.69, 9.17) is 23.2 Å². The Morgan fingerprint density at radius 3 is 2.61 bits per heavy atom. The van der Waals surface area contributed by atoms with Gasteiger partial charge in [-0.25, -0.2) is 8.42 Å². The van der Waals surface area contributed by atoms with Gasteiger partial charge in [0, 0.05) is 12.1 Å². The zero-order chi connectivity index (χ0) is 16.8. The van der Waals surface area contributed by atoms with Crippen molar-refractivity contribution in [1.82, 2.24) is 4.57 Å². The van der Waals surface area contributed by atoms with E-state index >= 15 is 0 Å². The number of hydrogen-bond acceptors (Lipinski definition) is 4. The number of aromatic nitrogens is 1. The van der Waals surface area contributed by atoms with Crippen molar-refractivity contribution in [3.8, 4) is 0 Å². The molecule has 1 aromatic heterocycles. The predicted molar refractivity (Wildman–Crippen MR) is 94.3 cm³/mol. The molecule has 23 heavy (non-hydrogen) atoms. The number of benzene rings is 2. The van der Waals surface area contributed by atoms with Crippen LogP contribution in [0.3, 0.4) is 0 Å². The number of anilines is 1. The van der Waals surface area contributed by atoms with E-state index in [0.29, 0.717) is 10.4 Å². The van der Waals surface area contributed by atoms with Crippen molar-refractivity contribution < 1.29 is 8.42 Å². The number of fused-ring (bicyclic) bond motifs is 1. The largest absolute Gasteiger partial charge is 0.307 e. The summed E-state index contributed by atoms with van der Waals surface area (Å²) in [5.74, 6) is 0. The molecule has 1 N–H and O–H groups in total. The van der Waals surface area contributed by atoms with Gasteiger partial charge in [-0.3, -0.25) is 9.52 Å². The Morgan fingerprint density at radius 1 is 1.13 bits per heavy atom. The second-order valence-corrected chi connectivity index (χ2v) is 8.28. The van der Waals surface area contributed by atoms with Gasteiger partial charge in [-0.2, -0.15) is 0 Å². The predicted octanol–water partition coefficient (Wildman–Crippen LogP) is 3.71. The highest BCUT2D eigenvalue weighted by molar-refractivity contribution is 7.92. The Bertz CT molecular complexity index is 1070. The molecule has 3 rings (SSSR count). The minimum atomic E-state index is -3.89. The third-order valence-corrected chi connectivity index (χ3v) is 6.32. The van der Waals surface area contributed by atoms with Crippen LogP contribution >= 0.6 is 34.5 Å². The highest BCUT2D eigenvalue weighted by Gasteiger charge is 2.19. The smallest absolute Gasteiger partial charge is 0.302 e. The van der Waals surface area contributed by atoms with Crippen molar-refractivity contribution in [3.63, 3.8) is 0 Å². The Labute approximate surface area is 146 Å². The SMILES string of the molecule is Cn1c(=O)sc2cc(NS(=O)(=O)c3cc(Cl)ccc3Cl)ccc21. The zero-order valence-corrected chi connectivity index (χ0v) is 14.9. The Morgan fingerprint density at radius 2 is 1.87 bits per heavy atom. The van der Waals surface area contributed by atoms with Crippen LogP contribution < -0.4 is 9.60 Å². The van der Waals surface area contributed by atoms with Crippen LogP contribution in [-0.2, 0) is 17.1 Å². The molecule has 0 saturated heterocycles. The lowest BCUT2D eigenvalue weighted by molar-refractivity contribution is 0.601. The van der Waals surface area contributed by atoms with E-state index in [2.05, 4.69) is 4.72 Å². The van der Waals surface area contributed by atoms with Crippen molar-refractivity contribution >= 4 is 60.5 Å². The molecule has 2 aromatic carbocycles. The van der Waals surface area contributed by atoms with Gasteiger partial charge in [0.05, 0.1) is 20.9 Å². The summed E-state index contributed by atoms with van der Waals surface area (Å²) < 4.78 is 29.6. The third-order valence-electron chi connectivity index (χ3n) is 3.23. The summed E-state index contributed by atoms with van der Waals surface area (Å²) in [7, 11) is -2.22. The fraction of sp³-hybridized carbons (Fsp3) is 0.0714. The lowest BCUT2D eigenvalue weighted by Gasteiger charge is -2.10. The Kier molecular flexibility index (Phi) is 4.14. The summed E-state index contributed by atoms with van der Waals surface area (Å²) >= 11 is 12.8. The van der Waals surface area contributed by atoms with Crippen LogP contribution in [0, 0.1) is 0 Å². The van der Waals surface area contributed by atoms with Crippen molar-refractivity contribution in [1.29, 1.82) is 0 Å². The molecule has 0 atom stereocenters. The molecule has 0 bridgehead atoms. The molecule has 9 heteroatoms. The molecule has 5 nitrogen and oxygen atoms in total. The van der Waals surface area contributed by atoms with Crippen molar-refractivity contribution in [3.05, 3.63) is 56.1 Å². The van der Waals surface area contributed by atoms with E-state index in [0.717, 1.165) is 16.9 Å². The molecule has 0 amide bonds. The molecular formula is C14H10Cl2N2O3S2. The van der Waals surface area contributed by atoms with Gasteiger partial charge in [0.15, 0.2) is 0 Å². The maximum Gasteiger partial charge on any atom is 0.307 e. The first-order valence-electron chi connectivity index (χ1n) is 6.35. The summed E-state index contributed by atoms with van der Waals surface area (Å²) in [6.45, 7) is 0. The summed E-state index contributed by atoms with van der Waals surface area (Å²) in [5, 5.41) is 0.346. The van der Waals surface area contributed by atoms with Crippen LogP contribution in [0.1, 0.15) is 0 Å². The van der Waals surface area contributed by atoms with Crippen molar-refractivity contribution in [2.75, 3.05) is 4.72 Å². The molecular weight excluding hydrogens is 379 g/mol. The van der Waals surface area contributed by atoms with Gasteiger partial charge in [-0.05, 0) is 36.4 Å². The molecule has 0 fully saturated rings. The normalized spacial score (nSPS) is 11.8. The molecule has 1 heterocycles. The lowest BCUT2D eigenvalue weighted by atomic mass is 10.3. The zero-order valence-electron chi connectivity index (χ0n) is 11.7. The van der Waals surface area contributed by atoms with Gasteiger partial charge in [-0.1, -0.05) is 34.5 Å².